The number of thiophene rings is 1. The number of fused-ring (bicyclic) bond motifs is 9. The average molecular weight is 927 g/mol. The topological polar surface area (TPSA) is 35.6 Å². The zero-order valence-electron chi connectivity index (χ0n) is 37.9. The van der Waals surface area contributed by atoms with E-state index in [-0.39, 0.29) is 0 Å². The van der Waals surface area contributed by atoms with Crippen LogP contribution in [0.3, 0.4) is 0 Å². The molecular formula is C64H42N4SSi. The summed E-state index contributed by atoms with van der Waals surface area (Å²) in [7, 11) is -2.86. The molecule has 10 aromatic carbocycles. The van der Waals surface area contributed by atoms with Crippen molar-refractivity contribution >= 4 is 104 Å². The number of para-hydroxylation sites is 3. The minimum absolute atomic E-state index is 0.677. The molecule has 4 nitrogen and oxygen atoms in total. The summed E-state index contributed by atoms with van der Waals surface area (Å²) >= 11 is 1.83. The van der Waals surface area contributed by atoms with Crippen LogP contribution in [0.1, 0.15) is 0 Å². The van der Waals surface area contributed by atoms with Gasteiger partial charge in [-0.15, -0.1) is 11.3 Å². The molecule has 0 saturated heterocycles. The Morgan fingerprint density at radius 1 is 0.343 bits per heavy atom. The number of aromatic nitrogens is 4. The van der Waals surface area contributed by atoms with Gasteiger partial charge in [0.05, 0.1) is 27.8 Å². The first-order valence-corrected chi connectivity index (χ1v) is 26.6. The minimum atomic E-state index is -2.86. The number of nitrogens with zero attached hydrogens (tertiary/aromatic N) is 4. The van der Waals surface area contributed by atoms with Gasteiger partial charge in [0.25, 0.3) is 0 Å². The summed E-state index contributed by atoms with van der Waals surface area (Å²) in [6, 6.07) is 93.1. The molecule has 14 aromatic rings. The van der Waals surface area contributed by atoms with Crippen LogP contribution in [0.4, 0.5) is 0 Å². The average Bonchev–Trinajstić information content (AvgIpc) is 4.10. The quantitative estimate of drug-likeness (QED) is 0.112. The highest BCUT2D eigenvalue weighted by Crippen LogP contribution is 2.42. The summed E-state index contributed by atoms with van der Waals surface area (Å²) in [5, 5.41) is 12.5. The Balaban J connectivity index is 1.04. The molecule has 0 aliphatic carbocycles. The lowest BCUT2D eigenvalue weighted by molar-refractivity contribution is 1.05. The molecular weight excluding hydrogens is 885 g/mol. The lowest BCUT2D eigenvalue weighted by Crippen LogP contribution is -2.74. The van der Waals surface area contributed by atoms with Crippen LogP contribution < -0.4 is 20.7 Å². The number of benzene rings is 10. The van der Waals surface area contributed by atoms with E-state index in [9.17, 15) is 0 Å². The van der Waals surface area contributed by atoms with Crippen molar-refractivity contribution in [3.8, 4) is 34.2 Å². The molecule has 70 heavy (non-hydrogen) atoms. The van der Waals surface area contributed by atoms with E-state index < -0.39 is 8.07 Å². The summed E-state index contributed by atoms with van der Waals surface area (Å²) < 4.78 is 7.25. The smallest absolute Gasteiger partial charge is 0.179 e. The zero-order chi connectivity index (χ0) is 46.2. The van der Waals surface area contributed by atoms with E-state index in [0.717, 1.165) is 44.7 Å². The monoisotopic (exact) mass is 926 g/mol. The van der Waals surface area contributed by atoms with Gasteiger partial charge in [0.2, 0.25) is 0 Å². The van der Waals surface area contributed by atoms with Gasteiger partial charge < -0.3 is 4.57 Å². The van der Waals surface area contributed by atoms with Crippen LogP contribution >= 0.6 is 11.3 Å². The lowest BCUT2D eigenvalue weighted by atomic mass is 10.0. The molecule has 0 radical (unpaired) electrons. The molecule has 0 aliphatic rings. The van der Waals surface area contributed by atoms with E-state index in [4.69, 9.17) is 9.97 Å². The van der Waals surface area contributed by atoms with E-state index in [1.165, 1.54) is 68.1 Å². The maximum atomic E-state index is 5.66. The van der Waals surface area contributed by atoms with Crippen LogP contribution in [0.5, 0.6) is 0 Å². The van der Waals surface area contributed by atoms with Gasteiger partial charge in [-0.2, -0.15) is 0 Å². The first-order valence-electron chi connectivity index (χ1n) is 23.8. The molecule has 0 saturated carbocycles. The fourth-order valence-electron chi connectivity index (χ4n) is 11.3. The Hall–Kier alpha value is -8.68. The van der Waals surface area contributed by atoms with Crippen LogP contribution in [0.25, 0.3) is 97.9 Å². The van der Waals surface area contributed by atoms with E-state index in [0.29, 0.717) is 5.82 Å². The van der Waals surface area contributed by atoms with Crippen LogP contribution in [0.2, 0.25) is 0 Å². The van der Waals surface area contributed by atoms with Gasteiger partial charge in [-0.1, -0.05) is 200 Å². The highest BCUT2D eigenvalue weighted by atomic mass is 32.1. The largest absolute Gasteiger partial charge is 0.309 e. The second-order valence-corrected chi connectivity index (χ2v) is 23.0. The molecule has 6 heteroatoms. The number of hydrogen-bond donors (Lipinski definition) is 0. The van der Waals surface area contributed by atoms with Crippen molar-refractivity contribution in [2.75, 3.05) is 0 Å². The molecule has 0 fully saturated rings. The van der Waals surface area contributed by atoms with E-state index >= 15 is 0 Å². The van der Waals surface area contributed by atoms with E-state index in [1.54, 1.807) is 0 Å². The molecule has 4 heterocycles. The van der Waals surface area contributed by atoms with Crippen LogP contribution in [-0.4, -0.2) is 27.2 Å². The van der Waals surface area contributed by atoms with Gasteiger partial charge in [-0.3, -0.25) is 4.57 Å². The van der Waals surface area contributed by atoms with Gasteiger partial charge in [-0.05, 0) is 69.3 Å². The second-order valence-electron chi connectivity index (χ2n) is 18.1. The van der Waals surface area contributed by atoms with Crippen LogP contribution in [-0.2, 0) is 0 Å². The van der Waals surface area contributed by atoms with E-state index in [2.05, 4.69) is 264 Å². The summed E-state index contributed by atoms with van der Waals surface area (Å²) in [6.45, 7) is 0. The molecule has 0 N–H and O–H groups in total. The van der Waals surface area contributed by atoms with Crippen molar-refractivity contribution in [2.24, 2.45) is 0 Å². The lowest BCUT2D eigenvalue weighted by Gasteiger charge is -2.34. The van der Waals surface area contributed by atoms with Gasteiger partial charge in [0, 0.05) is 64.6 Å². The third-order valence-corrected chi connectivity index (χ3v) is 20.2. The van der Waals surface area contributed by atoms with Gasteiger partial charge in [-0.25, -0.2) is 9.97 Å². The predicted octanol–water partition coefficient (Wildman–Crippen LogP) is 13.8. The van der Waals surface area contributed by atoms with Crippen molar-refractivity contribution in [3.05, 3.63) is 255 Å². The molecule has 328 valence electrons. The van der Waals surface area contributed by atoms with Crippen molar-refractivity contribution < 1.29 is 0 Å². The van der Waals surface area contributed by atoms with Gasteiger partial charge in [0.1, 0.15) is 5.82 Å². The van der Waals surface area contributed by atoms with Crippen molar-refractivity contribution in [3.63, 3.8) is 0 Å². The van der Waals surface area contributed by atoms with Gasteiger partial charge in [0.15, 0.2) is 13.9 Å². The maximum Gasteiger partial charge on any atom is 0.179 e. The molecule has 0 bridgehead atoms. The molecule has 0 atom stereocenters. The summed E-state index contributed by atoms with van der Waals surface area (Å²) in [6.07, 6.45) is 0. The maximum absolute atomic E-state index is 5.66. The molecule has 0 aliphatic heterocycles. The Bertz CT molecular complexity index is 4160. The molecule has 0 unspecified atom stereocenters. The zero-order valence-corrected chi connectivity index (χ0v) is 39.8. The highest BCUT2D eigenvalue weighted by molar-refractivity contribution is 7.26. The van der Waals surface area contributed by atoms with Crippen molar-refractivity contribution in [1.29, 1.82) is 0 Å². The number of hydrogen-bond acceptors (Lipinski definition) is 3. The van der Waals surface area contributed by atoms with Crippen LogP contribution in [0.15, 0.2) is 255 Å². The molecule has 4 aromatic heterocycles. The summed E-state index contributed by atoms with van der Waals surface area (Å²) in [5.41, 5.74) is 8.60. The SMILES string of the molecule is c1ccc([Si](c2ccccc2)(c2ccccc2)c2cccc(-c3nc(-c4cccc5sc6ccccc6c45)cc(-n4c5ccccc5c5cc(-n6c7ccccc7c7ccccc76)ccc54)n3)c2)cc1. The Kier molecular flexibility index (Phi) is 9.37. The van der Waals surface area contributed by atoms with Crippen molar-refractivity contribution in [1.82, 2.24) is 19.1 Å². The first-order chi connectivity index (χ1) is 34.7. The summed E-state index contributed by atoms with van der Waals surface area (Å²) in [5.74, 6) is 1.49. The molecule has 0 spiro atoms. The van der Waals surface area contributed by atoms with Gasteiger partial charge >= 0.3 is 0 Å². The fraction of sp³-hybridized carbons (Fsp3) is 0. The first kappa shape index (κ1) is 40.4. The normalized spacial score (nSPS) is 12.0. The standard InChI is InChI=1S/C64H42N4SSi/c1-4-21-45(22-5-1)70(46-23-6-2-7-24-46,47-25-8-3-9-26-47)48-27-18-20-43(40-48)64-65-55(52-32-19-37-61-63(52)53-31-13-17-36-60(53)69-61)42-62(66-64)68-58-35-16-12-30-51(58)54-41-44(38-39-59(54)68)67-56-33-14-10-28-49(56)50-29-11-15-34-57(50)67/h1-42H. The Morgan fingerprint density at radius 2 is 0.843 bits per heavy atom. The third-order valence-electron chi connectivity index (χ3n) is 14.3. The molecule has 14 rings (SSSR count). The predicted molar refractivity (Wildman–Crippen MR) is 298 cm³/mol. The second kappa shape index (κ2) is 16.2. The van der Waals surface area contributed by atoms with Crippen LogP contribution in [0, 0.1) is 0 Å². The molecule has 0 amide bonds. The number of rotatable bonds is 8. The van der Waals surface area contributed by atoms with E-state index in [1.807, 2.05) is 11.3 Å². The minimum Gasteiger partial charge on any atom is -0.309 e. The third kappa shape index (κ3) is 6.20. The highest BCUT2D eigenvalue weighted by Gasteiger charge is 2.41. The fourth-order valence-corrected chi connectivity index (χ4v) is 17.2. The summed E-state index contributed by atoms with van der Waals surface area (Å²) in [4.78, 5) is 11.3. The Morgan fingerprint density at radius 3 is 1.49 bits per heavy atom. The van der Waals surface area contributed by atoms with Crippen molar-refractivity contribution in [2.45, 2.75) is 0 Å². The Labute approximate surface area is 409 Å².